The zero-order chi connectivity index (χ0) is 31.1. The molecule has 2 saturated carbocycles. The molecular weight excluding hydrogens is 579 g/mol. The molecule has 242 valence electrons. The predicted octanol–water partition coefficient (Wildman–Crippen LogP) is 7.47. The fourth-order valence-electron chi connectivity index (χ4n) is 8.66. The number of nitrogens with zero attached hydrogens (tertiary/aromatic N) is 3. The molecule has 0 bridgehead atoms. The lowest BCUT2D eigenvalue weighted by molar-refractivity contribution is -0.346. The monoisotopic (exact) mass is 627 g/mol. The van der Waals surface area contributed by atoms with Crippen LogP contribution in [0.1, 0.15) is 100 Å². The van der Waals surface area contributed by atoms with Crippen LogP contribution in [-0.2, 0) is 16.0 Å². The summed E-state index contributed by atoms with van der Waals surface area (Å²) in [5.74, 6) is 0.805. The highest BCUT2D eigenvalue weighted by Crippen LogP contribution is 2.48. The first-order valence-corrected chi connectivity index (χ1v) is 16.7. The Morgan fingerprint density at radius 2 is 1.74 bits per heavy atom. The van der Waals surface area contributed by atoms with Crippen LogP contribution >= 0.6 is 11.6 Å². The predicted molar refractivity (Wildman–Crippen MR) is 163 cm³/mol. The van der Waals surface area contributed by atoms with Crippen LogP contribution < -0.4 is 4.90 Å². The molecule has 1 aromatic heterocycles. The molecule has 0 amide bonds. The van der Waals surface area contributed by atoms with Gasteiger partial charge in [0.25, 0.3) is 0 Å². The molecule has 1 N–H and O–H groups in total. The topological polar surface area (TPSA) is 65.9 Å². The summed E-state index contributed by atoms with van der Waals surface area (Å²) in [7, 11) is 0. The molecule has 10 heteroatoms. The fraction of sp³-hybridized carbons (Fsp3) is 0.818. The van der Waals surface area contributed by atoms with Crippen molar-refractivity contribution in [2.45, 2.75) is 116 Å². The van der Waals surface area contributed by atoms with Crippen molar-refractivity contribution < 1.29 is 27.8 Å². The Kier molecular flexibility index (Phi) is 9.94. The zero-order valence-electron chi connectivity index (χ0n) is 26.2. The van der Waals surface area contributed by atoms with E-state index in [0.29, 0.717) is 29.6 Å². The van der Waals surface area contributed by atoms with Gasteiger partial charge in [0, 0.05) is 59.8 Å². The minimum atomic E-state index is -4.62. The smallest absolute Gasteiger partial charge is 0.481 e. The minimum Gasteiger partial charge on any atom is -0.481 e. The van der Waals surface area contributed by atoms with Gasteiger partial charge in [0.2, 0.25) is 0 Å². The second-order valence-electron chi connectivity index (χ2n) is 14.7. The zero-order valence-corrected chi connectivity index (χ0v) is 26.9. The molecule has 6 nitrogen and oxygen atoms in total. The van der Waals surface area contributed by atoms with Gasteiger partial charge in [-0.1, -0.05) is 13.8 Å². The van der Waals surface area contributed by atoms with E-state index in [-0.39, 0.29) is 24.1 Å². The number of pyridine rings is 1. The first kappa shape index (κ1) is 32.8. The molecule has 3 heterocycles. The molecule has 43 heavy (non-hydrogen) atoms. The Labute approximate surface area is 259 Å². The lowest BCUT2D eigenvalue weighted by Gasteiger charge is -2.46. The van der Waals surface area contributed by atoms with Gasteiger partial charge in [-0.2, -0.15) is 0 Å². The number of ether oxygens (including phenoxy) is 1. The van der Waals surface area contributed by atoms with E-state index in [1.54, 1.807) is 0 Å². The van der Waals surface area contributed by atoms with Crippen molar-refractivity contribution in [1.82, 2.24) is 9.88 Å². The maximum atomic E-state index is 12.9. The second-order valence-corrected chi connectivity index (χ2v) is 15.3. The summed E-state index contributed by atoms with van der Waals surface area (Å²) in [5.41, 5.74) is 5.45. The molecular formula is C33H49ClF3N3O3. The third kappa shape index (κ3) is 8.18. The molecule has 1 aromatic rings. The van der Waals surface area contributed by atoms with Crippen LogP contribution in [0.25, 0.3) is 0 Å². The first-order chi connectivity index (χ1) is 20.2. The highest BCUT2D eigenvalue weighted by molar-refractivity contribution is 6.20. The van der Waals surface area contributed by atoms with Gasteiger partial charge in [-0.25, -0.2) is 0 Å². The highest BCUT2D eigenvalue weighted by Gasteiger charge is 2.41. The average Bonchev–Trinajstić information content (AvgIpc) is 2.88. The van der Waals surface area contributed by atoms with Gasteiger partial charge < -0.3 is 14.9 Å². The summed E-state index contributed by atoms with van der Waals surface area (Å²) in [6, 6.07) is 0. The summed E-state index contributed by atoms with van der Waals surface area (Å²) in [5, 5.41) is 9.55. The Bertz CT molecular complexity index is 1150. The van der Waals surface area contributed by atoms with E-state index in [4.69, 9.17) is 16.6 Å². The SMILES string of the molecule is Cc1nc(C)c(C2CCC3CN(CC4CC(Cl)CC(OC(F)(F)F)C4)CCC3C2)c(N2CCC(C)(C)CC2)c1CC(=O)O. The Balaban J connectivity index is 1.28. The number of aliphatic carboxylic acids is 1. The largest absolute Gasteiger partial charge is 0.522 e. The highest BCUT2D eigenvalue weighted by atomic mass is 35.5. The van der Waals surface area contributed by atoms with Crippen molar-refractivity contribution >= 4 is 23.3 Å². The maximum absolute atomic E-state index is 12.9. The molecule has 5 rings (SSSR count). The number of hydrogen-bond donors (Lipinski definition) is 1. The Morgan fingerprint density at radius 1 is 1.02 bits per heavy atom. The molecule has 4 fully saturated rings. The van der Waals surface area contributed by atoms with E-state index in [0.717, 1.165) is 100 Å². The summed E-state index contributed by atoms with van der Waals surface area (Å²) in [4.78, 5) is 21.8. The van der Waals surface area contributed by atoms with Crippen LogP contribution in [-0.4, -0.2) is 71.5 Å². The summed E-state index contributed by atoms with van der Waals surface area (Å²) >= 11 is 6.37. The Morgan fingerprint density at radius 3 is 2.42 bits per heavy atom. The minimum absolute atomic E-state index is 0.00569. The number of alkyl halides is 4. The van der Waals surface area contributed by atoms with Crippen LogP contribution in [0.5, 0.6) is 0 Å². The van der Waals surface area contributed by atoms with Crippen molar-refractivity contribution in [3.63, 3.8) is 0 Å². The van der Waals surface area contributed by atoms with Crippen molar-refractivity contribution in [2.24, 2.45) is 23.2 Å². The van der Waals surface area contributed by atoms with Crippen LogP contribution in [0.2, 0.25) is 0 Å². The molecule has 2 aliphatic heterocycles. The average molecular weight is 628 g/mol. The number of carbonyl (C=O) groups is 1. The Hall–Kier alpha value is -1.58. The summed E-state index contributed by atoms with van der Waals surface area (Å²) < 4.78 is 43.0. The quantitative estimate of drug-likeness (QED) is 0.317. The van der Waals surface area contributed by atoms with E-state index in [9.17, 15) is 23.1 Å². The first-order valence-electron chi connectivity index (χ1n) is 16.2. The van der Waals surface area contributed by atoms with Gasteiger partial charge in [-0.05, 0) is 107 Å². The van der Waals surface area contributed by atoms with E-state index in [2.05, 4.69) is 35.3 Å². The number of piperidine rings is 2. The van der Waals surface area contributed by atoms with E-state index in [1.165, 1.54) is 5.56 Å². The summed E-state index contributed by atoms with van der Waals surface area (Å²) in [6.07, 6.45) is 2.39. The van der Waals surface area contributed by atoms with E-state index in [1.807, 2.05) is 6.92 Å². The number of likely N-dealkylation sites (tertiary alicyclic amines) is 1. The molecule has 2 saturated heterocycles. The van der Waals surface area contributed by atoms with Gasteiger partial charge in [0.1, 0.15) is 0 Å². The van der Waals surface area contributed by atoms with Gasteiger partial charge in [-0.3, -0.25) is 14.5 Å². The van der Waals surface area contributed by atoms with Crippen molar-refractivity contribution in [3.05, 3.63) is 22.5 Å². The van der Waals surface area contributed by atoms with Gasteiger partial charge in [0.15, 0.2) is 0 Å². The summed E-state index contributed by atoms with van der Waals surface area (Å²) in [6.45, 7) is 13.3. The van der Waals surface area contributed by atoms with Gasteiger partial charge in [0.05, 0.1) is 12.5 Å². The number of carboxylic acid groups (broad SMARTS) is 1. The van der Waals surface area contributed by atoms with Gasteiger partial charge >= 0.3 is 12.3 Å². The number of aryl methyl sites for hydroxylation is 2. The maximum Gasteiger partial charge on any atom is 0.522 e. The van der Waals surface area contributed by atoms with Crippen LogP contribution in [0.3, 0.4) is 0 Å². The number of hydrogen-bond acceptors (Lipinski definition) is 5. The third-order valence-electron chi connectivity index (χ3n) is 10.8. The molecule has 2 aliphatic carbocycles. The van der Waals surface area contributed by atoms with E-state index >= 15 is 0 Å². The molecule has 0 aromatic carbocycles. The molecule has 0 spiro atoms. The number of anilines is 1. The van der Waals surface area contributed by atoms with Gasteiger partial charge in [-0.15, -0.1) is 24.8 Å². The number of rotatable bonds is 7. The molecule has 6 atom stereocenters. The standard InChI is InChI=1S/C33H49ClF3N3O3/c1-20-28(17-29(41)42)31(40-11-8-32(3,4)9-12-40)30(21(2)38-20)24-5-6-25-19-39(10-7-23(25)15-24)18-22-13-26(34)16-27(14-22)43-33(35,36)37/h22-27H,5-19H2,1-4H3,(H,41,42). The van der Waals surface area contributed by atoms with E-state index < -0.39 is 18.4 Å². The van der Waals surface area contributed by atoms with Crippen molar-refractivity contribution in [1.29, 1.82) is 0 Å². The number of aromatic nitrogens is 1. The lowest BCUT2D eigenvalue weighted by atomic mass is 9.68. The molecule has 0 radical (unpaired) electrons. The van der Waals surface area contributed by atoms with Crippen LogP contribution in [0.4, 0.5) is 18.9 Å². The lowest BCUT2D eigenvalue weighted by Crippen LogP contribution is -2.46. The third-order valence-corrected chi connectivity index (χ3v) is 11.2. The molecule has 4 aliphatic rings. The van der Waals surface area contributed by atoms with Crippen molar-refractivity contribution in [2.75, 3.05) is 37.6 Å². The molecule has 6 unspecified atom stereocenters. The van der Waals surface area contributed by atoms with Crippen molar-refractivity contribution in [3.8, 4) is 0 Å². The normalized spacial score (nSPS) is 32.0. The van der Waals surface area contributed by atoms with Crippen LogP contribution in [0.15, 0.2) is 0 Å². The number of carboxylic acids is 1. The second kappa shape index (κ2) is 13.0. The number of fused-ring (bicyclic) bond motifs is 1. The fourth-order valence-corrected chi connectivity index (χ4v) is 9.11. The van der Waals surface area contributed by atoms with Crippen LogP contribution in [0, 0.1) is 37.0 Å². The number of halogens is 4.